The minimum Gasteiger partial charge on any atom is -0.313 e. The van der Waals surface area contributed by atoms with E-state index in [0.717, 1.165) is 13.0 Å². The zero-order valence-corrected chi connectivity index (χ0v) is 13.0. The second-order valence-corrected chi connectivity index (χ2v) is 6.22. The van der Waals surface area contributed by atoms with Crippen molar-refractivity contribution in [3.63, 3.8) is 0 Å². The highest BCUT2D eigenvalue weighted by Gasteiger charge is 2.28. The van der Waals surface area contributed by atoms with Crippen molar-refractivity contribution in [3.05, 3.63) is 53.3 Å². The molecule has 1 aliphatic rings. The molecule has 3 nitrogen and oxygen atoms in total. The Balaban J connectivity index is 1.71. The molecular weight excluding hydrogens is 258 g/mol. The molecule has 0 bridgehead atoms. The topological polar surface area (TPSA) is 29.9 Å². The minimum atomic E-state index is 0.543. The molecule has 0 aliphatic heterocycles. The van der Waals surface area contributed by atoms with Crippen LogP contribution >= 0.6 is 0 Å². The summed E-state index contributed by atoms with van der Waals surface area (Å²) in [5.41, 5.74) is 4.41. The SMILES string of the molecule is CCCNC(Cc1cnn(C)c1)C1Cc2ccccc2C1. The number of aryl methyl sites for hydroxylation is 1. The van der Waals surface area contributed by atoms with Crippen LogP contribution in [-0.4, -0.2) is 22.4 Å². The summed E-state index contributed by atoms with van der Waals surface area (Å²) in [6.07, 6.45) is 8.82. The summed E-state index contributed by atoms with van der Waals surface area (Å²) in [5, 5.41) is 8.07. The van der Waals surface area contributed by atoms with E-state index < -0.39 is 0 Å². The summed E-state index contributed by atoms with van der Waals surface area (Å²) in [4.78, 5) is 0. The van der Waals surface area contributed by atoms with Crippen molar-refractivity contribution < 1.29 is 0 Å². The lowest BCUT2D eigenvalue weighted by Crippen LogP contribution is -2.39. The lowest BCUT2D eigenvalue weighted by molar-refractivity contribution is 0.362. The summed E-state index contributed by atoms with van der Waals surface area (Å²) in [6.45, 7) is 3.33. The van der Waals surface area contributed by atoms with E-state index in [0.29, 0.717) is 12.0 Å². The molecule has 1 N–H and O–H groups in total. The monoisotopic (exact) mass is 283 g/mol. The number of hydrogen-bond donors (Lipinski definition) is 1. The molecule has 1 atom stereocenters. The van der Waals surface area contributed by atoms with Crippen LogP contribution in [0.5, 0.6) is 0 Å². The Kier molecular flexibility index (Phi) is 4.39. The predicted molar refractivity (Wildman–Crippen MR) is 86.3 cm³/mol. The zero-order chi connectivity index (χ0) is 14.7. The van der Waals surface area contributed by atoms with Crippen molar-refractivity contribution >= 4 is 0 Å². The molecule has 3 heteroatoms. The molecule has 112 valence electrons. The van der Waals surface area contributed by atoms with Crippen molar-refractivity contribution in [1.29, 1.82) is 0 Å². The number of benzene rings is 1. The predicted octanol–water partition coefficient (Wildman–Crippen LogP) is 2.75. The second kappa shape index (κ2) is 6.44. The maximum atomic E-state index is 4.30. The van der Waals surface area contributed by atoms with Crippen molar-refractivity contribution in [3.8, 4) is 0 Å². The Morgan fingerprint density at radius 3 is 2.57 bits per heavy atom. The number of rotatable bonds is 6. The van der Waals surface area contributed by atoms with Gasteiger partial charge >= 0.3 is 0 Å². The molecule has 0 radical (unpaired) electrons. The molecule has 3 rings (SSSR count). The first-order valence-corrected chi connectivity index (χ1v) is 8.04. The quantitative estimate of drug-likeness (QED) is 0.883. The highest BCUT2D eigenvalue weighted by atomic mass is 15.2. The summed E-state index contributed by atoms with van der Waals surface area (Å²) in [7, 11) is 1.99. The molecule has 1 heterocycles. The van der Waals surface area contributed by atoms with E-state index >= 15 is 0 Å². The number of hydrogen-bond acceptors (Lipinski definition) is 2. The molecule has 0 saturated carbocycles. The fraction of sp³-hybridized carbons (Fsp3) is 0.500. The van der Waals surface area contributed by atoms with Crippen LogP contribution in [-0.2, 0) is 26.3 Å². The molecule has 0 saturated heterocycles. The number of fused-ring (bicyclic) bond motifs is 1. The van der Waals surface area contributed by atoms with Crippen LogP contribution in [0.4, 0.5) is 0 Å². The van der Waals surface area contributed by atoms with Gasteiger partial charge in [0.1, 0.15) is 0 Å². The average Bonchev–Trinajstić information content (AvgIpc) is 3.09. The summed E-state index contributed by atoms with van der Waals surface area (Å²) < 4.78 is 1.90. The summed E-state index contributed by atoms with van der Waals surface area (Å²) in [6, 6.07) is 9.45. The van der Waals surface area contributed by atoms with E-state index in [1.807, 2.05) is 17.9 Å². The minimum absolute atomic E-state index is 0.543. The van der Waals surface area contributed by atoms with Crippen molar-refractivity contribution in [1.82, 2.24) is 15.1 Å². The summed E-state index contributed by atoms with van der Waals surface area (Å²) >= 11 is 0. The standard InChI is InChI=1S/C18H25N3/c1-3-8-19-18(9-14-12-20-21(2)13-14)17-10-15-6-4-5-7-16(15)11-17/h4-7,12-13,17-19H,3,8-11H2,1-2H3. The van der Waals surface area contributed by atoms with Crippen LogP contribution in [0.15, 0.2) is 36.7 Å². The van der Waals surface area contributed by atoms with E-state index in [2.05, 4.69) is 47.8 Å². The van der Waals surface area contributed by atoms with Gasteiger partial charge in [0.15, 0.2) is 0 Å². The maximum Gasteiger partial charge on any atom is 0.0522 e. The van der Waals surface area contributed by atoms with Crippen molar-refractivity contribution in [2.24, 2.45) is 13.0 Å². The van der Waals surface area contributed by atoms with Gasteiger partial charge in [-0.05, 0) is 54.8 Å². The first kappa shape index (κ1) is 14.3. The Bertz CT molecular complexity index is 563. The Hall–Kier alpha value is -1.61. The van der Waals surface area contributed by atoms with E-state index in [1.54, 1.807) is 0 Å². The fourth-order valence-corrected chi connectivity index (χ4v) is 3.44. The molecule has 1 aliphatic carbocycles. The first-order valence-electron chi connectivity index (χ1n) is 8.04. The molecule has 21 heavy (non-hydrogen) atoms. The smallest absolute Gasteiger partial charge is 0.0522 e. The lowest BCUT2D eigenvalue weighted by atomic mass is 9.92. The lowest BCUT2D eigenvalue weighted by Gasteiger charge is -2.24. The molecular formula is C18H25N3. The van der Waals surface area contributed by atoms with E-state index in [-0.39, 0.29) is 0 Å². The number of nitrogens with zero attached hydrogens (tertiary/aromatic N) is 2. The van der Waals surface area contributed by atoms with E-state index in [1.165, 1.54) is 36.0 Å². The van der Waals surface area contributed by atoms with Crippen molar-refractivity contribution in [2.75, 3.05) is 6.54 Å². The Morgan fingerprint density at radius 2 is 2.00 bits per heavy atom. The third kappa shape index (κ3) is 3.35. The molecule has 1 aromatic carbocycles. The van der Waals surface area contributed by atoms with Crippen molar-refractivity contribution in [2.45, 2.75) is 38.6 Å². The van der Waals surface area contributed by atoms with Crippen LogP contribution < -0.4 is 5.32 Å². The molecule has 1 unspecified atom stereocenters. The van der Waals surface area contributed by atoms with Crippen LogP contribution in [0.3, 0.4) is 0 Å². The van der Waals surface area contributed by atoms with E-state index in [9.17, 15) is 0 Å². The maximum absolute atomic E-state index is 4.30. The van der Waals surface area contributed by atoms with Gasteiger partial charge in [0.2, 0.25) is 0 Å². The molecule has 0 amide bonds. The number of aromatic nitrogens is 2. The largest absolute Gasteiger partial charge is 0.313 e. The van der Waals surface area contributed by atoms with Crippen LogP contribution in [0, 0.1) is 5.92 Å². The second-order valence-electron chi connectivity index (χ2n) is 6.22. The van der Waals surface area contributed by atoms with Gasteiger partial charge in [0.25, 0.3) is 0 Å². The summed E-state index contributed by atoms with van der Waals surface area (Å²) in [5.74, 6) is 0.703. The average molecular weight is 283 g/mol. The fourth-order valence-electron chi connectivity index (χ4n) is 3.44. The highest BCUT2D eigenvalue weighted by molar-refractivity contribution is 5.32. The van der Waals surface area contributed by atoms with Gasteiger partial charge < -0.3 is 5.32 Å². The highest BCUT2D eigenvalue weighted by Crippen LogP contribution is 2.29. The van der Waals surface area contributed by atoms with Gasteiger partial charge in [-0.1, -0.05) is 31.2 Å². The Labute approximate surface area is 127 Å². The van der Waals surface area contributed by atoms with E-state index in [4.69, 9.17) is 0 Å². The van der Waals surface area contributed by atoms with Gasteiger partial charge in [0.05, 0.1) is 6.20 Å². The van der Waals surface area contributed by atoms with Gasteiger partial charge in [-0.25, -0.2) is 0 Å². The number of nitrogens with one attached hydrogen (secondary N) is 1. The van der Waals surface area contributed by atoms with Crippen LogP contribution in [0.25, 0.3) is 0 Å². The van der Waals surface area contributed by atoms with Gasteiger partial charge in [-0.2, -0.15) is 5.10 Å². The van der Waals surface area contributed by atoms with Gasteiger partial charge in [-0.15, -0.1) is 0 Å². The third-order valence-corrected chi connectivity index (χ3v) is 4.52. The molecule has 0 spiro atoms. The van der Waals surface area contributed by atoms with Crippen LogP contribution in [0.1, 0.15) is 30.0 Å². The van der Waals surface area contributed by atoms with Gasteiger partial charge in [-0.3, -0.25) is 4.68 Å². The zero-order valence-electron chi connectivity index (χ0n) is 13.0. The Morgan fingerprint density at radius 1 is 1.29 bits per heavy atom. The molecule has 2 aromatic rings. The van der Waals surface area contributed by atoms with Crippen LogP contribution in [0.2, 0.25) is 0 Å². The molecule has 0 fully saturated rings. The normalized spacial score (nSPS) is 16.1. The first-order chi connectivity index (χ1) is 10.3. The molecule has 1 aromatic heterocycles. The third-order valence-electron chi connectivity index (χ3n) is 4.52. The van der Waals surface area contributed by atoms with Gasteiger partial charge in [0, 0.05) is 19.3 Å².